The van der Waals surface area contributed by atoms with Crippen LogP contribution >= 0.6 is 0 Å². The first-order chi connectivity index (χ1) is 10.5. The zero-order chi connectivity index (χ0) is 19.9. The molecular formula is C14H20O10. The molecule has 0 saturated carbocycles. The summed E-state index contributed by atoms with van der Waals surface area (Å²) in [5, 5.41) is 47.3. The summed E-state index contributed by atoms with van der Waals surface area (Å²) < 4.78 is 0. The van der Waals surface area contributed by atoms with Gasteiger partial charge >= 0.3 is 29.8 Å². The zero-order valence-electron chi connectivity index (χ0n) is 13.8. The van der Waals surface area contributed by atoms with Gasteiger partial charge in [0.15, 0.2) is 5.41 Å². The van der Waals surface area contributed by atoms with Gasteiger partial charge in [-0.3, -0.25) is 24.0 Å². The van der Waals surface area contributed by atoms with Crippen LogP contribution in [0.1, 0.15) is 34.6 Å². The van der Waals surface area contributed by atoms with E-state index < -0.39 is 51.5 Å². The van der Waals surface area contributed by atoms with Crippen molar-refractivity contribution in [2.24, 2.45) is 21.7 Å². The van der Waals surface area contributed by atoms with Gasteiger partial charge in [-0.1, -0.05) is 0 Å². The van der Waals surface area contributed by atoms with Crippen LogP contribution < -0.4 is 0 Å². The number of carboxylic acids is 5. The number of hydrogen-bond donors (Lipinski definition) is 5. The molecular weight excluding hydrogens is 328 g/mol. The molecule has 2 unspecified atom stereocenters. The largest absolute Gasteiger partial charge is 0.481 e. The van der Waals surface area contributed by atoms with Crippen molar-refractivity contribution in [3.8, 4) is 0 Å². The lowest BCUT2D eigenvalue weighted by molar-refractivity contribution is -0.214. The number of hydrogen-bond acceptors (Lipinski definition) is 5. The van der Waals surface area contributed by atoms with Gasteiger partial charge < -0.3 is 25.5 Å². The molecule has 0 aromatic heterocycles. The summed E-state index contributed by atoms with van der Waals surface area (Å²) in [7, 11) is 0. The highest BCUT2D eigenvalue weighted by Crippen LogP contribution is 2.60. The van der Waals surface area contributed by atoms with Crippen LogP contribution in [-0.2, 0) is 24.0 Å². The summed E-state index contributed by atoms with van der Waals surface area (Å²) >= 11 is 0. The van der Waals surface area contributed by atoms with E-state index in [1.807, 2.05) is 0 Å². The first kappa shape index (κ1) is 21.4. The van der Waals surface area contributed by atoms with E-state index in [9.17, 15) is 49.5 Å². The molecule has 0 bridgehead atoms. The van der Waals surface area contributed by atoms with Crippen molar-refractivity contribution in [2.45, 2.75) is 34.6 Å². The molecule has 0 aliphatic rings. The van der Waals surface area contributed by atoms with Gasteiger partial charge in [-0.2, -0.15) is 0 Å². The maximum atomic E-state index is 11.9. The smallest absolute Gasteiger partial charge is 0.321 e. The Hall–Kier alpha value is -2.65. The highest BCUT2D eigenvalue weighted by molar-refractivity contribution is 6.06. The van der Waals surface area contributed by atoms with E-state index in [1.54, 1.807) is 0 Å². The van der Waals surface area contributed by atoms with Gasteiger partial charge in [-0.25, -0.2) is 0 Å². The predicted octanol–water partition coefficient (Wildman–Crippen LogP) is 0.455. The molecule has 136 valence electrons. The Morgan fingerprint density at radius 3 is 0.958 bits per heavy atom. The number of aliphatic carboxylic acids is 5. The minimum atomic E-state index is -3.13. The van der Waals surface area contributed by atoms with E-state index in [1.165, 1.54) is 0 Å². The van der Waals surface area contributed by atoms with Gasteiger partial charge in [0.25, 0.3) is 0 Å². The van der Waals surface area contributed by atoms with Gasteiger partial charge in [0, 0.05) is 0 Å². The van der Waals surface area contributed by atoms with Crippen molar-refractivity contribution < 1.29 is 49.5 Å². The molecule has 0 aliphatic carbocycles. The molecule has 0 saturated heterocycles. The Bertz CT molecular complexity index is 605. The summed E-state index contributed by atoms with van der Waals surface area (Å²) in [6, 6.07) is 0. The van der Waals surface area contributed by atoms with Crippen molar-refractivity contribution in [3.05, 3.63) is 0 Å². The lowest BCUT2D eigenvalue weighted by Gasteiger charge is -2.52. The normalized spacial score (nSPS) is 17.2. The molecule has 10 nitrogen and oxygen atoms in total. The Morgan fingerprint density at radius 2 is 0.792 bits per heavy atom. The summed E-state index contributed by atoms with van der Waals surface area (Å²) in [6.45, 7) is 3.69. The molecule has 0 fully saturated rings. The van der Waals surface area contributed by atoms with E-state index in [2.05, 4.69) is 0 Å². The predicted molar refractivity (Wildman–Crippen MR) is 76.3 cm³/mol. The summed E-state index contributed by atoms with van der Waals surface area (Å²) in [6.07, 6.45) is 0. The zero-order valence-corrected chi connectivity index (χ0v) is 13.8. The fourth-order valence-corrected chi connectivity index (χ4v) is 2.77. The molecule has 0 amide bonds. The van der Waals surface area contributed by atoms with E-state index in [0.717, 1.165) is 20.8 Å². The first-order valence-corrected chi connectivity index (χ1v) is 6.64. The standard InChI is InChI=1S/C14H20O10/c1-11(2,6(15)16)13(4,9(21)22)14(5,10(23)24)12(3,7(17)18)8(19)20/h1-5H3,(H,15,16)(H,17,18)(H,19,20)(H,21,22)(H,23,24). The highest BCUT2D eigenvalue weighted by Gasteiger charge is 2.76. The van der Waals surface area contributed by atoms with E-state index in [0.29, 0.717) is 13.8 Å². The lowest BCUT2D eigenvalue weighted by atomic mass is 9.45. The van der Waals surface area contributed by atoms with Crippen molar-refractivity contribution in [2.75, 3.05) is 0 Å². The topological polar surface area (TPSA) is 186 Å². The van der Waals surface area contributed by atoms with Gasteiger partial charge in [0.1, 0.15) is 5.41 Å². The Balaban J connectivity index is 7.31. The molecule has 0 rings (SSSR count). The second-order valence-corrected chi connectivity index (χ2v) is 6.53. The minimum absolute atomic E-state index is 0.547. The summed E-state index contributed by atoms with van der Waals surface area (Å²) in [4.78, 5) is 58.6. The Morgan fingerprint density at radius 1 is 0.500 bits per heavy atom. The Kier molecular flexibility index (Phi) is 5.13. The molecule has 0 aromatic carbocycles. The third kappa shape index (κ3) is 2.21. The van der Waals surface area contributed by atoms with Crippen LogP contribution in [0.25, 0.3) is 0 Å². The van der Waals surface area contributed by atoms with Crippen LogP contribution in [0.5, 0.6) is 0 Å². The van der Waals surface area contributed by atoms with Gasteiger partial charge in [-0.15, -0.1) is 0 Å². The quantitative estimate of drug-likeness (QED) is 0.385. The molecule has 0 aromatic rings. The van der Waals surface area contributed by atoms with Crippen molar-refractivity contribution >= 4 is 29.8 Å². The number of carbonyl (C=O) groups is 5. The average Bonchev–Trinajstić information content (AvgIpc) is 2.42. The van der Waals surface area contributed by atoms with Crippen molar-refractivity contribution in [1.82, 2.24) is 0 Å². The van der Waals surface area contributed by atoms with E-state index in [-0.39, 0.29) is 0 Å². The maximum absolute atomic E-state index is 11.9. The lowest BCUT2D eigenvalue weighted by Crippen LogP contribution is -2.68. The minimum Gasteiger partial charge on any atom is -0.481 e. The van der Waals surface area contributed by atoms with Crippen molar-refractivity contribution in [3.63, 3.8) is 0 Å². The second-order valence-electron chi connectivity index (χ2n) is 6.53. The monoisotopic (exact) mass is 348 g/mol. The van der Waals surface area contributed by atoms with Crippen LogP contribution in [0.15, 0.2) is 0 Å². The molecule has 0 aliphatic heterocycles. The second kappa shape index (κ2) is 5.77. The molecule has 10 heteroatoms. The van der Waals surface area contributed by atoms with Gasteiger partial charge in [0.05, 0.1) is 10.8 Å². The van der Waals surface area contributed by atoms with Crippen LogP contribution in [0.4, 0.5) is 0 Å². The van der Waals surface area contributed by atoms with Crippen LogP contribution in [-0.4, -0.2) is 55.4 Å². The van der Waals surface area contributed by atoms with Gasteiger partial charge in [-0.05, 0) is 34.6 Å². The molecule has 5 N–H and O–H groups in total. The number of rotatable bonds is 8. The maximum Gasteiger partial charge on any atom is 0.321 e. The molecule has 2 atom stereocenters. The van der Waals surface area contributed by atoms with Crippen LogP contribution in [0.2, 0.25) is 0 Å². The fraction of sp³-hybridized carbons (Fsp3) is 0.643. The molecule has 0 heterocycles. The SMILES string of the molecule is CC(C)(C(=O)O)C(C)(C(=O)O)C(C)(C(=O)O)C(C)(C(=O)O)C(=O)O. The van der Waals surface area contributed by atoms with E-state index in [4.69, 9.17) is 0 Å². The fourth-order valence-electron chi connectivity index (χ4n) is 2.77. The highest BCUT2D eigenvalue weighted by atomic mass is 16.4. The number of carboxylic acid groups (broad SMARTS) is 5. The average molecular weight is 348 g/mol. The van der Waals surface area contributed by atoms with Gasteiger partial charge in [0.2, 0.25) is 0 Å². The third-order valence-corrected chi connectivity index (χ3v) is 5.50. The van der Waals surface area contributed by atoms with E-state index >= 15 is 0 Å². The first-order valence-electron chi connectivity index (χ1n) is 6.64. The molecule has 24 heavy (non-hydrogen) atoms. The van der Waals surface area contributed by atoms with Crippen LogP contribution in [0, 0.1) is 21.7 Å². The third-order valence-electron chi connectivity index (χ3n) is 5.50. The summed E-state index contributed by atoms with van der Waals surface area (Å²) in [5.41, 5.74) is -11.3. The summed E-state index contributed by atoms with van der Waals surface area (Å²) in [5.74, 6) is -9.94. The Labute approximate surface area is 136 Å². The van der Waals surface area contributed by atoms with Crippen LogP contribution in [0.3, 0.4) is 0 Å². The molecule has 0 radical (unpaired) electrons. The van der Waals surface area contributed by atoms with Crippen molar-refractivity contribution in [1.29, 1.82) is 0 Å². The molecule has 0 spiro atoms.